The third-order valence-corrected chi connectivity index (χ3v) is 5.26. The fourth-order valence-corrected chi connectivity index (χ4v) is 3.32. The smallest absolute Gasteiger partial charge is 0.338 e. The number of nitrogens with one attached hydrogen (secondary N) is 2. The number of methoxy groups -OCH3 is 1. The Morgan fingerprint density at radius 2 is 1.21 bits per heavy atom. The highest BCUT2D eigenvalue weighted by Crippen LogP contribution is 2.25. The van der Waals surface area contributed by atoms with Crippen molar-refractivity contribution < 1.29 is 38.1 Å². The summed E-state index contributed by atoms with van der Waals surface area (Å²) in [5, 5.41) is 5.33. The fourth-order valence-electron chi connectivity index (χ4n) is 3.32. The molecule has 0 saturated carbocycles. The zero-order valence-electron chi connectivity index (χ0n) is 21.7. The van der Waals surface area contributed by atoms with Crippen molar-refractivity contribution in [2.24, 2.45) is 0 Å². The SMILES string of the molecule is CCOC(=O)c1ccc(NC(=O)COC(=O)CCCC(=O)Nc2ccc(Oc3ccc(OC)cc3)cc2)cc1. The Balaban J connectivity index is 1.31. The number of benzene rings is 3. The molecular formula is C29H30N2O8. The van der Waals surface area contributed by atoms with Crippen LogP contribution >= 0.6 is 0 Å². The summed E-state index contributed by atoms with van der Waals surface area (Å²) >= 11 is 0. The number of esters is 2. The maximum atomic E-state index is 12.2. The van der Waals surface area contributed by atoms with Gasteiger partial charge in [0.05, 0.1) is 19.3 Å². The van der Waals surface area contributed by atoms with E-state index in [1.54, 1.807) is 74.7 Å². The Labute approximate surface area is 226 Å². The van der Waals surface area contributed by atoms with E-state index in [0.717, 1.165) is 5.75 Å². The van der Waals surface area contributed by atoms with E-state index in [1.807, 2.05) is 0 Å². The second kappa shape index (κ2) is 14.8. The minimum Gasteiger partial charge on any atom is -0.497 e. The maximum Gasteiger partial charge on any atom is 0.338 e. The van der Waals surface area contributed by atoms with Gasteiger partial charge in [-0.1, -0.05) is 0 Å². The summed E-state index contributed by atoms with van der Waals surface area (Å²) in [5.41, 5.74) is 1.40. The van der Waals surface area contributed by atoms with Crippen molar-refractivity contribution >= 4 is 35.1 Å². The third-order valence-electron chi connectivity index (χ3n) is 5.26. The number of amides is 2. The lowest BCUT2D eigenvalue weighted by Crippen LogP contribution is -2.21. The van der Waals surface area contributed by atoms with Gasteiger partial charge in [-0.05, 0) is 86.1 Å². The molecule has 204 valence electrons. The van der Waals surface area contributed by atoms with Gasteiger partial charge >= 0.3 is 11.9 Å². The molecule has 0 aromatic heterocycles. The second-order valence-electron chi connectivity index (χ2n) is 8.21. The van der Waals surface area contributed by atoms with Crippen molar-refractivity contribution in [3.63, 3.8) is 0 Å². The number of carbonyl (C=O) groups is 4. The molecule has 10 nitrogen and oxygen atoms in total. The van der Waals surface area contributed by atoms with Gasteiger partial charge in [-0.2, -0.15) is 0 Å². The molecule has 10 heteroatoms. The lowest BCUT2D eigenvalue weighted by molar-refractivity contribution is -0.147. The van der Waals surface area contributed by atoms with Gasteiger partial charge in [0.15, 0.2) is 6.61 Å². The Kier molecular flexibility index (Phi) is 10.9. The predicted molar refractivity (Wildman–Crippen MR) is 144 cm³/mol. The Morgan fingerprint density at radius 3 is 1.79 bits per heavy atom. The zero-order chi connectivity index (χ0) is 28.0. The molecule has 39 heavy (non-hydrogen) atoms. The van der Waals surface area contributed by atoms with Crippen LogP contribution in [0.15, 0.2) is 72.8 Å². The number of hydrogen-bond acceptors (Lipinski definition) is 8. The quantitative estimate of drug-likeness (QED) is 0.295. The molecule has 0 bridgehead atoms. The van der Waals surface area contributed by atoms with Crippen LogP contribution in [-0.2, 0) is 23.9 Å². The molecule has 0 spiro atoms. The molecular weight excluding hydrogens is 504 g/mol. The van der Waals surface area contributed by atoms with Crippen LogP contribution in [0.3, 0.4) is 0 Å². The normalized spacial score (nSPS) is 10.2. The third kappa shape index (κ3) is 9.84. The van der Waals surface area contributed by atoms with Crippen LogP contribution in [0, 0.1) is 0 Å². The van der Waals surface area contributed by atoms with Gasteiger partial charge in [-0.15, -0.1) is 0 Å². The van der Waals surface area contributed by atoms with E-state index < -0.39 is 24.5 Å². The van der Waals surface area contributed by atoms with E-state index in [4.69, 9.17) is 18.9 Å². The zero-order valence-corrected chi connectivity index (χ0v) is 21.7. The van der Waals surface area contributed by atoms with Crippen LogP contribution in [0.2, 0.25) is 0 Å². The molecule has 0 unspecified atom stereocenters. The summed E-state index contributed by atoms with van der Waals surface area (Å²) in [6, 6.07) is 20.2. The van der Waals surface area contributed by atoms with Crippen molar-refractivity contribution in [3.8, 4) is 17.2 Å². The summed E-state index contributed by atoms with van der Waals surface area (Å²) < 4.78 is 20.7. The van der Waals surface area contributed by atoms with Crippen molar-refractivity contribution in [3.05, 3.63) is 78.4 Å². The fraction of sp³-hybridized carbons (Fsp3) is 0.241. The van der Waals surface area contributed by atoms with Gasteiger partial charge < -0.3 is 29.6 Å². The van der Waals surface area contributed by atoms with Crippen LogP contribution in [0.1, 0.15) is 36.5 Å². The maximum absolute atomic E-state index is 12.2. The van der Waals surface area contributed by atoms with Crippen LogP contribution in [0.25, 0.3) is 0 Å². The monoisotopic (exact) mass is 534 g/mol. The van der Waals surface area contributed by atoms with Crippen molar-refractivity contribution in [2.75, 3.05) is 31.0 Å². The number of ether oxygens (including phenoxy) is 4. The first-order valence-electron chi connectivity index (χ1n) is 12.3. The first-order valence-corrected chi connectivity index (χ1v) is 12.3. The van der Waals surface area contributed by atoms with Gasteiger partial charge in [-0.3, -0.25) is 14.4 Å². The first kappa shape index (κ1) is 28.7. The number of hydrogen-bond donors (Lipinski definition) is 2. The first-order chi connectivity index (χ1) is 18.9. The van der Waals surface area contributed by atoms with Gasteiger partial charge in [-0.25, -0.2) is 4.79 Å². The van der Waals surface area contributed by atoms with Crippen molar-refractivity contribution in [1.29, 1.82) is 0 Å². The molecule has 0 atom stereocenters. The van der Waals surface area contributed by atoms with Crippen LogP contribution < -0.4 is 20.1 Å². The molecule has 2 amide bonds. The molecule has 3 aromatic carbocycles. The van der Waals surface area contributed by atoms with E-state index in [1.165, 1.54) is 12.1 Å². The van der Waals surface area contributed by atoms with E-state index >= 15 is 0 Å². The molecule has 0 radical (unpaired) electrons. The van der Waals surface area contributed by atoms with Gasteiger partial charge in [0.2, 0.25) is 5.91 Å². The minimum absolute atomic E-state index is 0.0103. The highest BCUT2D eigenvalue weighted by molar-refractivity contribution is 5.94. The summed E-state index contributed by atoms with van der Waals surface area (Å²) in [6.07, 6.45) is 0.363. The highest BCUT2D eigenvalue weighted by atomic mass is 16.5. The van der Waals surface area contributed by atoms with Gasteiger partial charge in [0.25, 0.3) is 5.91 Å². The molecule has 0 aliphatic heterocycles. The van der Waals surface area contributed by atoms with E-state index in [9.17, 15) is 19.2 Å². The molecule has 0 heterocycles. The lowest BCUT2D eigenvalue weighted by atomic mass is 10.2. The number of anilines is 2. The van der Waals surface area contributed by atoms with Gasteiger partial charge in [0, 0.05) is 24.2 Å². The number of rotatable bonds is 13. The van der Waals surface area contributed by atoms with E-state index in [2.05, 4.69) is 10.6 Å². The van der Waals surface area contributed by atoms with Crippen molar-refractivity contribution in [1.82, 2.24) is 0 Å². The predicted octanol–water partition coefficient (Wildman–Crippen LogP) is 4.95. The second-order valence-corrected chi connectivity index (χ2v) is 8.21. The van der Waals surface area contributed by atoms with Crippen molar-refractivity contribution in [2.45, 2.75) is 26.2 Å². The average Bonchev–Trinajstić information content (AvgIpc) is 2.94. The molecule has 0 saturated heterocycles. The minimum atomic E-state index is -0.587. The molecule has 2 N–H and O–H groups in total. The van der Waals surface area contributed by atoms with Crippen LogP contribution in [0.4, 0.5) is 11.4 Å². The van der Waals surface area contributed by atoms with E-state index in [-0.39, 0.29) is 31.8 Å². The summed E-state index contributed by atoms with van der Waals surface area (Å²) in [7, 11) is 1.59. The van der Waals surface area contributed by atoms with E-state index in [0.29, 0.717) is 28.4 Å². The topological polar surface area (TPSA) is 129 Å². The average molecular weight is 535 g/mol. The largest absolute Gasteiger partial charge is 0.497 e. The Morgan fingerprint density at radius 1 is 0.667 bits per heavy atom. The standard InChI is InChI=1S/C29H30N2O8/c1-3-37-29(35)20-7-9-21(10-8-20)31-27(33)19-38-28(34)6-4-5-26(32)30-22-11-13-24(14-12-22)39-25-17-15-23(36-2)16-18-25/h7-18H,3-6,19H2,1-2H3,(H,30,32)(H,31,33). The molecule has 0 aliphatic rings. The molecule has 3 aromatic rings. The Hall–Kier alpha value is -4.86. The highest BCUT2D eigenvalue weighted by Gasteiger charge is 2.11. The Bertz CT molecular complexity index is 1260. The summed E-state index contributed by atoms with van der Waals surface area (Å²) in [5.74, 6) is 0.178. The summed E-state index contributed by atoms with van der Waals surface area (Å²) in [6.45, 7) is 1.52. The van der Waals surface area contributed by atoms with Crippen LogP contribution in [-0.4, -0.2) is 44.1 Å². The molecule has 3 rings (SSSR count). The van der Waals surface area contributed by atoms with Crippen LogP contribution in [0.5, 0.6) is 17.2 Å². The lowest BCUT2D eigenvalue weighted by Gasteiger charge is -2.09. The molecule has 0 aliphatic carbocycles. The van der Waals surface area contributed by atoms with Gasteiger partial charge in [0.1, 0.15) is 17.2 Å². The number of carbonyl (C=O) groups excluding carboxylic acids is 4. The summed E-state index contributed by atoms with van der Waals surface area (Å²) in [4.78, 5) is 47.8. The molecule has 0 fully saturated rings.